The van der Waals surface area contributed by atoms with Gasteiger partial charge in [-0.15, -0.1) is 0 Å². The molecule has 0 aromatic heterocycles. The molecule has 4 atom stereocenters. The molecule has 6 nitrogen and oxygen atoms in total. The van der Waals surface area contributed by atoms with Gasteiger partial charge >= 0.3 is 5.97 Å². The van der Waals surface area contributed by atoms with Crippen molar-refractivity contribution < 1.29 is 29.3 Å². The minimum atomic E-state index is -0.571. The van der Waals surface area contributed by atoms with Crippen molar-refractivity contribution in [1.29, 1.82) is 0 Å². The van der Waals surface area contributed by atoms with Gasteiger partial charge in [0.05, 0.1) is 10.6 Å². The minimum absolute atomic E-state index is 0.0155. The Balaban J connectivity index is 2.43. The van der Waals surface area contributed by atoms with Crippen LogP contribution >= 0.6 is 11.6 Å². The molecule has 0 amide bonds. The van der Waals surface area contributed by atoms with E-state index in [-0.39, 0.29) is 75.4 Å². The van der Waals surface area contributed by atoms with Crippen LogP contribution in [0, 0.1) is 30.1 Å². The number of ketones is 1. The molecule has 1 saturated carbocycles. The average Bonchev–Trinajstić information content (AvgIpc) is 2.78. The lowest BCUT2D eigenvalue weighted by Crippen LogP contribution is -2.44. The topological polar surface area (TPSA) is 101 Å². The third-order valence-electron chi connectivity index (χ3n) is 7.92. The van der Waals surface area contributed by atoms with E-state index in [0.717, 1.165) is 12.0 Å². The van der Waals surface area contributed by atoms with Crippen molar-refractivity contribution in [1.82, 2.24) is 0 Å². The van der Waals surface area contributed by atoms with E-state index in [1.807, 2.05) is 27.7 Å². The molecular weight excluding hydrogens is 468 g/mol. The Labute approximate surface area is 213 Å². The lowest BCUT2D eigenvalue weighted by Gasteiger charge is -2.45. The van der Waals surface area contributed by atoms with Crippen molar-refractivity contribution >= 4 is 29.6 Å². The zero-order valence-corrected chi connectivity index (χ0v) is 22.7. The SMILES string of the molecule is C/C(=C\Cc1c(O)c(Cl)c(C)c(C=O)c1O)C(CC1(C)C(C)CCC(=O)C1C)OC(=O)CC(C)C. The number of aldehydes is 1. The molecule has 194 valence electrons. The standard InChI is InChI=1S/C28H39ClO6/c1-15(2)12-24(32)35-23(13-28(7)17(4)9-11-22(31)19(28)6)16(3)8-10-20-26(33)21(14-30)18(5)25(29)27(20)34/h8,14-15,17,19,23,33-34H,9-13H2,1-7H3/b16-8+. The zero-order chi connectivity index (χ0) is 26.7. The fourth-order valence-electron chi connectivity index (χ4n) is 4.93. The van der Waals surface area contributed by atoms with E-state index < -0.39 is 6.10 Å². The number of hydrogen-bond acceptors (Lipinski definition) is 6. The van der Waals surface area contributed by atoms with Crippen molar-refractivity contribution in [2.75, 3.05) is 0 Å². The Morgan fingerprint density at radius 1 is 1.26 bits per heavy atom. The number of ether oxygens (including phenoxy) is 1. The first-order valence-corrected chi connectivity index (χ1v) is 12.7. The molecule has 0 saturated heterocycles. The Hall–Kier alpha value is -2.34. The molecule has 7 heteroatoms. The van der Waals surface area contributed by atoms with Crippen LogP contribution in [0.2, 0.25) is 5.02 Å². The minimum Gasteiger partial charge on any atom is -0.507 e. The Morgan fingerprint density at radius 3 is 2.46 bits per heavy atom. The number of rotatable bonds is 9. The summed E-state index contributed by atoms with van der Waals surface area (Å²) >= 11 is 6.18. The van der Waals surface area contributed by atoms with E-state index in [1.165, 1.54) is 0 Å². The highest BCUT2D eigenvalue weighted by Crippen LogP contribution is 2.48. The molecule has 0 radical (unpaired) electrons. The first kappa shape index (κ1) is 28.9. The van der Waals surface area contributed by atoms with Crippen molar-refractivity contribution in [2.24, 2.45) is 23.2 Å². The summed E-state index contributed by atoms with van der Waals surface area (Å²) in [5.41, 5.74) is 0.859. The number of aromatic hydroxyl groups is 2. The van der Waals surface area contributed by atoms with Crippen LogP contribution in [0.1, 0.15) is 88.7 Å². The van der Waals surface area contributed by atoms with Crippen molar-refractivity contribution in [2.45, 2.75) is 86.7 Å². The third kappa shape index (κ3) is 6.27. The largest absolute Gasteiger partial charge is 0.507 e. The van der Waals surface area contributed by atoms with Gasteiger partial charge in [-0.1, -0.05) is 52.3 Å². The van der Waals surface area contributed by atoms with Crippen LogP contribution < -0.4 is 0 Å². The van der Waals surface area contributed by atoms with E-state index in [4.69, 9.17) is 16.3 Å². The van der Waals surface area contributed by atoms with Crippen molar-refractivity contribution in [3.8, 4) is 11.5 Å². The lowest BCUT2D eigenvalue weighted by molar-refractivity contribution is -0.151. The molecule has 0 aliphatic heterocycles. The maximum absolute atomic E-state index is 12.6. The summed E-state index contributed by atoms with van der Waals surface area (Å²) in [6.07, 6.45) is 3.93. The molecule has 4 unspecified atom stereocenters. The van der Waals surface area contributed by atoms with Gasteiger partial charge in [-0.2, -0.15) is 0 Å². The number of benzene rings is 1. The predicted molar refractivity (Wildman–Crippen MR) is 137 cm³/mol. The van der Waals surface area contributed by atoms with Crippen LogP contribution in [0.25, 0.3) is 0 Å². The monoisotopic (exact) mass is 506 g/mol. The van der Waals surface area contributed by atoms with Crippen LogP contribution in [0.4, 0.5) is 0 Å². The Morgan fingerprint density at radius 2 is 1.89 bits per heavy atom. The number of hydrogen-bond donors (Lipinski definition) is 2. The Bertz CT molecular complexity index is 1010. The highest BCUT2D eigenvalue weighted by molar-refractivity contribution is 6.33. The summed E-state index contributed by atoms with van der Waals surface area (Å²) in [6, 6.07) is 0. The maximum atomic E-state index is 12.6. The number of phenolic OH excluding ortho intramolecular Hbond substituents is 2. The second-order valence-corrected chi connectivity index (χ2v) is 11.1. The van der Waals surface area contributed by atoms with Gasteiger partial charge in [0.1, 0.15) is 23.4 Å². The molecule has 1 fully saturated rings. The molecular formula is C28H39ClO6. The van der Waals surface area contributed by atoms with E-state index in [2.05, 4.69) is 13.8 Å². The second kappa shape index (κ2) is 11.6. The van der Waals surface area contributed by atoms with Gasteiger partial charge in [0, 0.05) is 24.3 Å². The second-order valence-electron chi connectivity index (χ2n) is 10.7. The molecule has 1 aliphatic rings. The summed E-state index contributed by atoms with van der Waals surface area (Å²) < 4.78 is 5.93. The molecule has 0 bridgehead atoms. The van der Waals surface area contributed by atoms with Crippen LogP contribution in [-0.4, -0.2) is 34.4 Å². The number of phenols is 2. The number of allylic oxidation sites excluding steroid dienone is 1. The fourth-order valence-corrected chi connectivity index (χ4v) is 5.14. The molecule has 1 aliphatic carbocycles. The van der Waals surface area contributed by atoms with Gasteiger partial charge in [-0.05, 0) is 61.5 Å². The number of Topliss-reactive ketones (excluding diaryl/α,β-unsaturated/α-hetero) is 1. The summed E-state index contributed by atoms with van der Waals surface area (Å²) in [5.74, 6) is -0.429. The first-order valence-electron chi connectivity index (χ1n) is 12.3. The summed E-state index contributed by atoms with van der Waals surface area (Å²) in [5, 5.41) is 21.1. The molecule has 1 aromatic rings. The normalized spacial score (nSPS) is 23.9. The molecule has 0 spiro atoms. The third-order valence-corrected chi connectivity index (χ3v) is 8.38. The quantitative estimate of drug-likeness (QED) is 0.230. The van der Waals surface area contributed by atoms with Crippen LogP contribution in [0.15, 0.2) is 11.6 Å². The summed E-state index contributed by atoms with van der Waals surface area (Å²) in [7, 11) is 0. The highest BCUT2D eigenvalue weighted by Gasteiger charge is 2.45. The lowest BCUT2D eigenvalue weighted by atomic mass is 9.59. The zero-order valence-electron chi connectivity index (χ0n) is 21.9. The Kier molecular flexibility index (Phi) is 9.57. The number of esters is 1. The molecule has 2 N–H and O–H groups in total. The van der Waals surface area contributed by atoms with Gasteiger partial charge in [0.15, 0.2) is 6.29 Å². The van der Waals surface area contributed by atoms with Crippen LogP contribution in [-0.2, 0) is 20.7 Å². The van der Waals surface area contributed by atoms with Gasteiger partial charge in [-0.3, -0.25) is 14.4 Å². The van der Waals surface area contributed by atoms with Gasteiger partial charge in [0.2, 0.25) is 0 Å². The fraction of sp³-hybridized carbons (Fsp3) is 0.607. The number of carbonyl (C=O) groups excluding carboxylic acids is 3. The molecule has 35 heavy (non-hydrogen) atoms. The van der Waals surface area contributed by atoms with Gasteiger partial charge < -0.3 is 14.9 Å². The van der Waals surface area contributed by atoms with E-state index in [9.17, 15) is 24.6 Å². The van der Waals surface area contributed by atoms with E-state index in [0.29, 0.717) is 24.7 Å². The van der Waals surface area contributed by atoms with Gasteiger partial charge in [0.25, 0.3) is 0 Å². The number of halogens is 1. The van der Waals surface area contributed by atoms with Crippen LogP contribution in [0.5, 0.6) is 11.5 Å². The van der Waals surface area contributed by atoms with Crippen molar-refractivity contribution in [3.05, 3.63) is 33.4 Å². The molecule has 0 heterocycles. The van der Waals surface area contributed by atoms with Gasteiger partial charge in [-0.25, -0.2) is 0 Å². The average molecular weight is 507 g/mol. The maximum Gasteiger partial charge on any atom is 0.306 e. The van der Waals surface area contributed by atoms with E-state index in [1.54, 1.807) is 13.0 Å². The highest BCUT2D eigenvalue weighted by atomic mass is 35.5. The first-order chi connectivity index (χ1) is 16.2. The van der Waals surface area contributed by atoms with Crippen molar-refractivity contribution in [3.63, 3.8) is 0 Å². The summed E-state index contributed by atoms with van der Waals surface area (Å²) in [6.45, 7) is 13.5. The van der Waals surface area contributed by atoms with E-state index >= 15 is 0 Å². The number of carbonyl (C=O) groups is 3. The molecule has 2 rings (SSSR count). The molecule has 1 aromatic carbocycles. The summed E-state index contributed by atoms with van der Waals surface area (Å²) in [4.78, 5) is 36.7. The van der Waals surface area contributed by atoms with Crippen LogP contribution in [0.3, 0.4) is 0 Å². The predicted octanol–water partition coefficient (Wildman–Crippen LogP) is 6.35. The smallest absolute Gasteiger partial charge is 0.306 e.